The Morgan fingerprint density at radius 1 is 1.47 bits per heavy atom. The zero-order chi connectivity index (χ0) is 11.5. The van der Waals surface area contributed by atoms with Gasteiger partial charge in [-0.25, -0.2) is 9.97 Å². The van der Waals surface area contributed by atoms with Crippen LogP contribution < -0.4 is 5.32 Å². The van der Waals surface area contributed by atoms with E-state index in [2.05, 4.69) is 15.3 Å². The van der Waals surface area contributed by atoms with Crippen molar-refractivity contribution in [3.05, 3.63) is 18.0 Å². The average Bonchev–Trinajstić information content (AvgIpc) is 1.99. The first kappa shape index (κ1) is 11.7. The molecule has 0 bridgehead atoms. The third kappa shape index (κ3) is 4.62. The lowest BCUT2D eigenvalue weighted by Gasteiger charge is -2.15. The topological polar surface area (TPSA) is 37.8 Å². The number of alkyl halides is 3. The van der Waals surface area contributed by atoms with Crippen LogP contribution in [-0.4, -0.2) is 22.2 Å². The van der Waals surface area contributed by atoms with E-state index in [-0.39, 0.29) is 5.95 Å². The minimum atomic E-state index is -4.17. The van der Waals surface area contributed by atoms with Crippen LogP contribution in [0.3, 0.4) is 0 Å². The molecule has 0 aliphatic heterocycles. The number of aryl methyl sites for hydroxylation is 1. The van der Waals surface area contributed by atoms with Crippen molar-refractivity contribution in [1.82, 2.24) is 9.97 Å². The van der Waals surface area contributed by atoms with Gasteiger partial charge >= 0.3 is 6.18 Å². The van der Waals surface area contributed by atoms with E-state index in [1.54, 1.807) is 13.0 Å². The summed E-state index contributed by atoms with van der Waals surface area (Å²) in [7, 11) is 0. The number of rotatable bonds is 3. The SMILES string of the molecule is Cc1ccnc(NC(C)CC(F)(F)F)n1. The van der Waals surface area contributed by atoms with Gasteiger partial charge in [0.2, 0.25) is 5.95 Å². The highest BCUT2D eigenvalue weighted by molar-refractivity contribution is 5.25. The zero-order valence-corrected chi connectivity index (χ0v) is 8.47. The molecule has 0 spiro atoms. The van der Waals surface area contributed by atoms with Crippen molar-refractivity contribution >= 4 is 5.95 Å². The number of nitrogens with one attached hydrogen (secondary N) is 1. The van der Waals surface area contributed by atoms with Crippen LogP contribution in [0.1, 0.15) is 19.0 Å². The van der Waals surface area contributed by atoms with E-state index in [9.17, 15) is 13.2 Å². The predicted octanol–water partition coefficient (Wildman–Crippen LogP) is 2.54. The monoisotopic (exact) mass is 219 g/mol. The van der Waals surface area contributed by atoms with Gasteiger partial charge in [0.25, 0.3) is 0 Å². The van der Waals surface area contributed by atoms with Crippen molar-refractivity contribution < 1.29 is 13.2 Å². The predicted molar refractivity (Wildman–Crippen MR) is 50.5 cm³/mol. The molecule has 3 nitrogen and oxygen atoms in total. The number of anilines is 1. The van der Waals surface area contributed by atoms with Gasteiger partial charge in [0.15, 0.2) is 0 Å². The molecule has 1 aromatic rings. The summed E-state index contributed by atoms with van der Waals surface area (Å²) in [4.78, 5) is 7.77. The van der Waals surface area contributed by atoms with E-state index < -0.39 is 18.6 Å². The fourth-order valence-electron chi connectivity index (χ4n) is 1.14. The van der Waals surface area contributed by atoms with Crippen LogP contribution in [0.4, 0.5) is 19.1 Å². The molecule has 0 aliphatic rings. The summed E-state index contributed by atoms with van der Waals surface area (Å²) in [6, 6.07) is 0.950. The lowest BCUT2D eigenvalue weighted by Crippen LogP contribution is -2.24. The molecule has 0 aliphatic carbocycles. The molecule has 1 rings (SSSR count). The van der Waals surface area contributed by atoms with Crippen LogP contribution in [0, 0.1) is 6.92 Å². The molecule has 1 heterocycles. The molecule has 0 radical (unpaired) electrons. The van der Waals surface area contributed by atoms with Crippen LogP contribution in [0.15, 0.2) is 12.3 Å². The normalized spacial score (nSPS) is 13.7. The Morgan fingerprint density at radius 3 is 2.67 bits per heavy atom. The van der Waals surface area contributed by atoms with Crippen LogP contribution >= 0.6 is 0 Å². The van der Waals surface area contributed by atoms with Gasteiger partial charge in [-0.3, -0.25) is 0 Å². The Bertz CT molecular complexity index is 325. The van der Waals surface area contributed by atoms with Gasteiger partial charge in [0.1, 0.15) is 0 Å². The molecule has 0 saturated heterocycles. The number of hydrogen-bond donors (Lipinski definition) is 1. The first-order chi connectivity index (χ1) is 6.87. The number of hydrogen-bond acceptors (Lipinski definition) is 3. The van der Waals surface area contributed by atoms with Crippen LogP contribution in [0.25, 0.3) is 0 Å². The molecule has 0 saturated carbocycles. The molecule has 84 valence electrons. The van der Waals surface area contributed by atoms with Crippen LogP contribution in [0.2, 0.25) is 0 Å². The van der Waals surface area contributed by atoms with Gasteiger partial charge in [-0.1, -0.05) is 0 Å². The van der Waals surface area contributed by atoms with Crippen molar-refractivity contribution in [2.45, 2.75) is 32.5 Å². The smallest absolute Gasteiger partial charge is 0.351 e. The maximum Gasteiger partial charge on any atom is 0.391 e. The molecule has 1 atom stereocenters. The van der Waals surface area contributed by atoms with Gasteiger partial charge in [-0.2, -0.15) is 13.2 Å². The van der Waals surface area contributed by atoms with Crippen molar-refractivity contribution in [2.24, 2.45) is 0 Å². The molecule has 6 heteroatoms. The van der Waals surface area contributed by atoms with Gasteiger partial charge in [0, 0.05) is 17.9 Å². The zero-order valence-electron chi connectivity index (χ0n) is 8.47. The lowest BCUT2D eigenvalue weighted by atomic mass is 10.2. The first-order valence-electron chi connectivity index (χ1n) is 4.50. The Balaban J connectivity index is 2.55. The molecule has 0 fully saturated rings. The minimum Gasteiger partial charge on any atom is -0.351 e. The van der Waals surface area contributed by atoms with E-state index in [4.69, 9.17) is 0 Å². The Labute approximate surface area is 85.7 Å². The van der Waals surface area contributed by atoms with Crippen LogP contribution in [-0.2, 0) is 0 Å². The third-order valence-electron chi connectivity index (χ3n) is 1.71. The fourth-order valence-corrected chi connectivity index (χ4v) is 1.14. The lowest BCUT2D eigenvalue weighted by molar-refractivity contribution is -0.136. The molecular weight excluding hydrogens is 207 g/mol. The summed E-state index contributed by atoms with van der Waals surface area (Å²) < 4.78 is 36.0. The molecule has 1 N–H and O–H groups in total. The molecule has 1 aromatic heterocycles. The molecular formula is C9H12F3N3. The Kier molecular flexibility index (Phi) is 3.49. The summed E-state index contributed by atoms with van der Waals surface area (Å²) in [5, 5.41) is 2.60. The van der Waals surface area contributed by atoms with E-state index >= 15 is 0 Å². The van der Waals surface area contributed by atoms with Gasteiger partial charge in [0.05, 0.1) is 6.42 Å². The van der Waals surface area contributed by atoms with Gasteiger partial charge in [-0.05, 0) is 19.9 Å². The second-order valence-electron chi connectivity index (χ2n) is 3.39. The minimum absolute atomic E-state index is 0.228. The average molecular weight is 219 g/mol. The van der Waals surface area contributed by atoms with Crippen molar-refractivity contribution in [1.29, 1.82) is 0 Å². The summed E-state index contributed by atoms with van der Waals surface area (Å²) >= 11 is 0. The highest BCUT2D eigenvalue weighted by Crippen LogP contribution is 2.22. The quantitative estimate of drug-likeness (QED) is 0.848. The maximum absolute atomic E-state index is 12.0. The maximum atomic E-state index is 12.0. The van der Waals surface area contributed by atoms with Crippen molar-refractivity contribution in [3.8, 4) is 0 Å². The van der Waals surface area contributed by atoms with E-state index in [0.717, 1.165) is 0 Å². The van der Waals surface area contributed by atoms with E-state index in [1.165, 1.54) is 13.1 Å². The third-order valence-corrected chi connectivity index (χ3v) is 1.71. The molecule has 1 unspecified atom stereocenters. The largest absolute Gasteiger partial charge is 0.391 e. The van der Waals surface area contributed by atoms with Gasteiger partial charge in [-0.15, -0.1) is 0 Å². The first-order valence-corrected chi connectivity index (χ1v) is 4.50. The number of halogens is 3. The molecule has 0 aromatic carbocycles. The van der Waals surface area contributed by atoms with Gasteiger partial charge < -0.3 is 5.32 Å². The van der Waals surface area contributed by atoms with E-state index in [1.807, 2.05) is 0 Å². The summed E-state index contributed by atoms with van der Waals surface area (Å²) in [5.74, 6) is 0.228. The standard InChI is InChI=1S/C9H12F3N3/c1-6-3-4-13-8(14-6)15-7(2)5-9(10,11)12/h3-4,7H,5H2,1-2H3,(H,13,14,15). The molecule has 0 amide bonds. The second kappa shape index (κ2) is 4.46. The Morgan fingerprint density at radius 2 is 2.13 bits per heavy atom. The van der Waals surface area contributed by atoms with Crippen LogP contribution in [0.5, 0.6) is 0 Å². The number of aromatic nitrogens is 2. The fraction of sp³-hybridized carbons (Fsp3) is 0.556. The van der Waals surface area contributed by atoms with Crippen molar-refractivity contribution in [3.63, 3.8) is 0 Å². The number of nitrogens with zero attached hydrogens (tertiary/aromatic N) is 2. The van der Waals surface area contributed by atoms with Crippen molar-refractivity contribution in [2.75, 3.05) is 5.32 Å². The second-order valence-corrected chi connectivity index (χ2v) is 3.39. The Hall–Kier alpha value is -1.33. The molecule has 15 heavy (non-hydrogen) atoms. The summed E-state index contributed by atoms with van der Waals surface area (Å²) in [6.45, 7) is 3.19. The summed E-state index contributed by atoms with van der Waals surface area (Å²) in [5.41, 5.74) is 0.715. The summed E-state index contributed by atoms with van der Waals surface area (Å²) in [6.07, 6.45) is -3.56. The van der Waals surface area contributed by atoms with E-state index in [0.29, 0.717) is 5.69 Å². The highest BCUT2D eigenvalue weighted by Gasteiger charge is 2.30. The highest BCUT2D eigenvalue weighted by atomic mass is 19.4.